The van der Waals surface area contributed by atoms with E-state index in [0.717, 1.165) is 19.0 Å². The van der Waals surface area contributed by atoms with Crippen molar-refractivity contribution < 1.29 is 0 Å². The highest BCUT2D eigenvalue weighted by Crippen LogP contribution is 2.38. The monoisotopic (exact) mass is 170 g/mol. The van der Waals surface area contributed by atoms with E-state index in [2.05, 4.69) is 38.2 Å². The first-order valence-electron chi connectivity index (χ1n) is 4.92. The molecular weight excluding hydrogens is 148 g/mol. The summed E-state index contributed by atoms with van der Waals surface area (Å²) in [4.78, 5) is 2.22. The molecule has 1 saturated carbocycles. The lowest BCUT2D eigenvalue weighted by Crippen LogP contribution is -2.44. The molecule has 1 aliphatic rings. The Morgan fingerprint density at radius 2 is 1.92 bits per heavy atom. The van der Waals surface area contributed by atoms with Crippen LogP contribution in [0.3, 0.4) is 0 Å². The van der Waals surface area contributed by atoms with Crippen molar-refractivity contribution in [2.24, 2.45) is 5.92 Å². The summed E-state index contributed by atoms with van der Waals surface area (Å²) in [5.74, 6) is 0.930. The molecule has 1 rings (SSSR count). The SMILES string of the molecule is CN(C)CCNC(C)(C)C1CC1. The van der Waals surface area contributed by atoms with Crippen LogP contribution in [-0.2, 0) is 0 Å². The minimum atomic E-state index is 0.371. The summed E-state index contributed by atoms with van der Waals surface area (Å²) >= 11 is 0. The number of hydrogen-bond donors (Lipinski definition) is 1. The van der Waals surface area contributed by atoms with Crippen LogP contribution in [-0.4, -0.2) is 37.6 Å². The third kappa shape index (κ3) is 3.11. The molecule has 1 aliphatic carbocycles. The van der Waals surface area contributed by atoms with E-state index >= 15 is 0 Å². The molecule has 2 nitrogen and oxygen atoms in total. The summed E-state index contributed by atoms with van der Waals surface area (Å²) in [6.07, 6.45) is 2.84. The zero-order chi connectivity index (χ0) is 9.19. The summed E-state index contributed by atoms with van der Waals surface area (Å²) in [7, 11) is 4.23. The summed E-state index contributed by atoms with van der Waals surface area (Å²) < 4.78 is 0. The van der Waals surface area contributed by atoms with Gasteiger partial charge in [0.2, 0.25) is 0 Å². The van der Waals surface area contributed by atoms with Crippen molar-refractivity contribution in [3.05, 3.63) is 0 Å². The van der Waals surface area contributed by atoms with Gasteiger partial charge < -0.3 is 10.2 Å². The Kier molecular flexibility index (Phi) is 3.13. The topological polar surface area (TPSA) is 15.3 Å². The van der Waals surface area contributed by atoms with Gasteiger partial charge >= 0.3 is 0 Å². The molecule has 0 aliphatic heterocycles. The van der Waals surface area contributed by atoms with Crippen LogP contribution in [0, 0.1) is 5.92 Å². The fourth-order valence-electron chi connectivity index (χ4n) is 1.55. The van der Waals surface area contributed by atoms with Gasteiger partial charge in [0, 0.05) is 18.6 Å². The van der Waals surface area contributed by atoms with Crippen molar-refractivity contribution >= 4 is 0 Å². The predicted octanol–water partition coefficient (Wildman–Crippen LogP) is 1.33. The van der Waals surface area contributed by atoms with Crippen LogP contribution < -0.4 is 5.32 Å². The van der Waals surface area contributed by atoms with Crippen molar-refractivity contribution in [2.75, 3.05) is 27.2 Å². The Balaban J connectivity index is 2.12. The first kappa shape index (κ1) is 10.0. The molecule has 0 spiro atoms. The molecule has 0 aromatic carbocycles. The second kappa shape index (κ2) is 3.75. The Morgan fingerprint density at radius 1 is 1.33 bits per heavy atom. The molecule has 0 saturated heterocycles. The summed E-state index contributed by atoms with van der Waals surface area (Å²) in [6.45, 7) is 6.88. The van der Waals surface area contributed by atoms with Gasteiger partial charge in [0.1, 0.15) is 0 Å². The van der Waals surface area contributed by atoms with E-state index in [1.54, 1.807) is 0 Å². The zero-order valence-electron chi connectivity index (χ0n) is 8.85. The van der Waals surface area contributed by atoms with Gasteiger partial charge in [-0.25, -0.2) is 0 Å². The Bertz CT molecular complexity index is 137. The first-order chi connectivity index (χ1) is 5.52. The van der Waals surface area contributed by atoms with Crippen molar-refractivity contribution in [1.29, 1.82) is 0 Å². The second-order valence-electron chi connectivity index (χ2n) is 4.73. The van der Waals surface area contributed by atoms with Crippen LogP contribution in [0.4, 0.5) is 0 Å². The quantitative estimate of drug-likeness (QED) is 0.669. The van der Waals surface area contributed by atoms with Crippen LogP contribution in [0.15, 0.2) is 0 Å². The highest BCUT2D eigenvalue weighted by atomic mass is 15.1. The number of rotatable bonds is 5. The largest absolute Gasteiger partial charge is 0.310 e. The first-order valence-corrected chi connectivity index (χ1v) is 4.92. The van der Waals surface area contributed by atoms with Crippen LogP contribution in [0.25, 0.3) is 0 Å². The van der Waals surface area contributed by atoms with Crippen LogP contribution in [0.1, 0.15) is 26.7 Å². The summed E-state index contributed by atoms with van der Waals surface area (Å²) in [5.41, 5.74) is 0.371. The fraction of sp³-hybridized carbons (Fsp3) is 1.00. The average molecular weight is 170 g/mol. The van der Waals surface area contributed by atoms with E-state index in [4.69, 9.17) is 0 Å². The third-order valence-corrected chi connectivity index (χ3v) is 2.74. The summed E-state index contributed by atoms with van der Waals surface area (Å²) in [5, 5.41) is 3.61. The Hall–Kier alpha value is -0.0800. The van der Waals surface area contributed by atoms with Crippen LogP contribution in [0.2, 0.25) is 0 Å². The van der Waals surface area contributed by atoms with Crippen LogP contribution >= 0.6 is 0 Å². The van der Waals surface area contributed by atoms with E-state index < -0.39 is 0 Å². The fourth-order valence-corrected chi connectivity index (χ4v) is 1.55. The summed E-state index contributed by atoms with van der Waals surface area (Å²) in [6, 6.07) is 0. The Morgan fingerprint density at radius 3 is 2.33 bits per heavy atom. The maximum Gasteiger partial charge on any atom is 0.0153 e. The van der Waals surface area contributed by atoms with E-state index in [1.807, 2.05) is 0 Å². The van der Waals surface area contributed by atoms with Crippen molar-refractivity contribution in [3.63, 3.8) is 0 Å². The molecule has 0 atom stereocenters. The number of likely N-dealkylation sites (N-methyl/N-ethyl adjacent to an activating group) is 1. The van der Waals surface area contributed by atoms with Gasteiger partial charge in [-0.2, -0.15) is 0 Å². The molecular formula is C10H22N2. The molecule has 0 radical (unpaired) electrons. The zero-order valence-corrected chi connectivity index (χ0v) is 8.85. The minimum absolute atomic E-state index is 0.371. The molecule has 0 amide bonds. The highest BCUT2D eigenvalue weighted by molar-refractivity contribution is 4.94. The average Bonchev–Trinajstić information content (AvgIpc) is 2.65. The number of nitrogens with zero attached hydrogens (tertiary/aromatic N) is 1. The maximum absolute atomic E-state index is 3.61. The van der Waals surface area contributed by atoms with Crippen LogP contribution in [0.5, 0.6) is 0 Å². The van der Waals surface area contributed by atoms with Gasteiger partial charge in [0.15, 0.2) is 0 Å². The molecule has 0 aromatic heterocycles. The molecule has 12 heavy (non-hydrogen) atoms. The van der Waals surface area contributed by atoms with Crippen molar-refractivity contribution in [3.8, 4) is 0 Å². The molecule has 0 heterocycles. The van der Waals surface area contributed by atoms with Gasteiger partial charge in [-0.3, -0.25) is 0 Å². The minimum Gasteiger partial charge on any atom is -0.310 e. The molecule has 0 unspecified atom stereocenters. The third-order valence-electron chi connectivity index (χ3n) is 2.74. The molecule has 1 N–H and O–H groups in total. The number of nitrogens with one attached hydrogen (secondary N) is 1. The number of hydrogen-bond acceptors (Lipinski definition) is 2. The van der Waals surface area contributed by atoms with E-state index in [-0.39, 0.29) is 0 Å². The van der Waals surface area contributed by atoms with Crippen molar-refractivity contribution in [2.45, 2.75) is 32.2 Å². The lowest BCUT2D eigenvalue weighted by Gasteiger charge is -2.27. The van der Waals surface area contributed by atoms with Gasteiger partial charge in [-0.1, -0.05) is 0 Å². The Labute approximate surface area is 76.3 Å². The lowest BCUT2D eigenvalue weighted by molar-refractivity contribution is 0.311. The van der Waals surface area contributed by atoms with Gasteiger partial charge in [-0.05, 0) is 46.7 Å². The predicted molar refractivity (Wildman–Crippen MR) is 53.4 cm³/mol. The highest BCUT2D eigenvalue weighted by Gasteiger charge is 2.36. The smallest absolute Gasteiger partial charge is 0.0153 e. The van der Waals surface area contributed by atoms with E-state index in [1.165, 1.54) is 12.8 Å². The lowest BCUT2D eigenvalue weighted by atomic mass is 9.99. The standard InChI is InChI=1S/C10H22N2/c1-10(2,9-5-6-9)11-7-8-12(3)4/h9,11H,5-8H2,1-4H3. The van der Waals surface area contributed by atoms with Gasteiger partial charge in [0.05, 0.1) is 0 Å². The molecule has 0 aromatic rings. The maximum atomic E-state index is 3.61. The molecule has 2 heteroatoms. The van der Waals surface area contributed by atoms with E-state index in [9.17, 15) is 0 Å². The molecule has 0 bridgehead atoms. The van der Waals surface area contributed by atoms with Crippen molar-refractivity contribution in [1.82, 2.24) is 10.2 Å². The molecule has 72 valence electrons. The normalized spacial score (nSPS) is 18.8. The van der Waals surface area contributed by atoms with E-state index in [0.29, 0.717) is 5.54 Å². The van der Waals surface area contributed by atoms with Gasteiger partial charge in [0.25, 0.3) is 0 Å². The second-order valence-corrected chi connectivity index (χ2v) is 4.73. The molecule has 1 fully saturated rings. The van der Waals surface area contributed by atoms with Gasteiger partial charge in [-0.15, -0.1) is 0 Å².